The molecule has 0 aromatic carbocycles. The van der Waals surface area contributed by atoms with Gasteiger partial charge in [0.05, 0.1) is 0 Å². The van der Waals surface area contributed by atoms with Gasteiger partial charge in [0.15, 0.2) is 0 Å². The Bertz CT molecular complexity index is 324. The summed E-state index contributed by atoms with van der Waals surface area (Å²) in [5, 5.41) is 9.44. The maximum absolute atomic E-state index is 3.71. The lowest BCUT2D eigenvalue weighted by atomic mass is 9.90. The first-order valence-electron chi connectivity index (χ1n) is 6.89. The standard InChI is InChI=1S/C14H22N2S/c1-2-14(17-7-1)10-15-6-5-11-8-12-3-4-13(9-11)16-12/h1-2,7,11-13,15-16H,3-6,8-10H2. The van der Waals surface area contributed by atoms with E-state index in [1.807, 2.05) is 11.3 Å². The molecule has 2 aliphatic rings. The van der Waals surface area contributed by atoms with Crippen LogP contribution in [0.3, 0.4) is 0 Å². The quantitative estimate of drug-likeness (QED) is 0.785. The zero-order valence-electron chi connectivity index (χ0n) is 10.3. The van der Waals surface area contributed by atoms with E-state index < -0.39 is 0 Å². The van der Waals surface area contributed by atoms with Crippen molar-refractivity contribution in [3.05, 3.63) is 22.4 Å². The summed E-state index contributed by atoms with van der Waals surface area (Å²) < 4.78 is 0. The number of thiophene rings is 1. The van der Waals surface area contributed by atoms with Crippen molar-refractivity contribution in [2.75, 3.05) is 6.54 Å². The summed E-state index contributed by atoms with van der Waals surface area (Å²) in [7, 11) is 0. The second-order valence-electron chi connectivity index (χ2n) is 5.52. The Morgan fingerprint density at radius 1 is 1.29 bits per heavy atom. The third-order valence-electron chi connectivity index (χ3n) is 4.18. The molecule has 0 radical (unpaired) electrons. The number of hydrogen-bond donors (Lipinski definition) is 2. The highest BCUT2D eigenvalue weighted by molar-refractivity contribution is 7.09. The van der Waals surface area contributed by atoms with Crippen LogP contribution in [0.1, 0.15) is 37.0 Å². The highest BCUT2D eigenvalue weighted by Crippen LogP contribution is 2.32. The van der Waals surface area contributed by atoms with E-state index in [0.29, 0.717) is 0 Å². The Kier molecular flexibility index (Phi) is 3.79. The molecule has 2 aliphatic heterocycles. The Hall–Kier alpha value is -0.380. The molecule has 2 fully saturated rings. The lowest BCUT2D eigenvalue weighted by Gasteiger charge is -2.29. The minimum atomic E-state index is 0.844. The summed E-state index contributed by atoms with van der Waals surface area (Å²) in [6, 6.07) is 6.03. The van der Waals surface area contributed by atoms with Crippen molar-refractivity contribution in [2.24, 2.45) is 5.92 Å². The molecule has 0 spiro atoms. The Morgan fingerprint density at radius 2 is 2.12 bits per heavy atom. The fraction of sp³-hybridized carbons (Fsp3) is 0.714. The van der Waals surface area contributed by atoms with Gasteiger partial charge < -0.3 is 10.6 Å². The van der Waals surface area contributed by atoms with Gasteiger partial charge in [-0.3, -0.25) is 0 Å². The van der Waals surface area contributed by atoms with Crippen LogP contribution in [-0.2, 0) is 6.54 Å². The average molecular weight is 250 g/mol. The molecule has 1 aromatic rings. The van der Waals surface area contributed by atoms with Crippen LogP contribution in [0.25, 0.3) is 0 Å². The highest BCUT2D eigenvalue weighted by atomic mass is 32.1. The van der Waals surface area contributed by atoms with Gasteiger partial charge in [-0.1, -0.05) is 6.07 Å². The van der Waals surface area contributed by atoms with E-state index in [-0.39, 0.29) is 0 Å². The van der Waals surface area contributed by atoms with E-state index in [4.69, 9.17) is 0 Å². The van der Waals surface area contributed by atoms with Crippen LogP contribution in [0.5, 0.6) is 0 Å². The van der Waals surface area contributed by atoms with Crippen molar-refractivity contribution in [2.45, 2.75) is 50.7 Å². The molecule has 3 rings (SSSR count). The Balaban J connectivity index is 1.34. The summed E-state index contributed by atoms with van der Waals surface area (Å²) in [6.07, 6.45) is 7.03. The highest BCUT2D eigenvalue weighted by Gasteiger charge is 2.32. The first-order valence-corrected chi connectivity index (χ1v) is 7.77. The smallest absolute Gasteiger partial charge is 0.0299 e. The van der Waals surface area contributed by atoms with Crippen molar-refractivity contribution in [3.8, 4) is 0 Å². The van der Waals surface area contributed by atoms with Gasteiger partial charge in [-0.05, 0) is 56.0 Å². The summed E-state index contributed by atoms with van der Waals surface area (Å²) in [5.74, 6) is 0.963. The molecule has 0 amide bonds. The van der Waals surface area contributed by atoms with Crippen LogP contribution in [0.2, 0.25) is 0 Å². The molecule has 3 heteroatoms. The summed E-state index contributed by atoms with van der Waals surface area (Å²) in [4.78, 5) is 1.45. The summed E-state index contributed by atoms with van der Waals surface area (Å²) in [5.41, 5.74) is 0. The number of nitrogens with one attached hydrogen (secondary N) is 2. The summed E-state index contributed by atoms with van der Waals surface area (Å²) >= 11 is 1.85. The van der Waals surface area contributed by atoms with Crippen molar-refractivity contribution >= 4 is 11.3 Å². The maximum Gasteiger partial charge on any atom is 0.0299 e. The minimum Gasteiger partial charge on any atom is -0.312 e. The number of rotatable bonds is 5. The second kappa shape index (κ2) is 5.51. The number of fused-ring (bicyclic) bond motifs is 2. The Morgan fingerprint density at radius 3 is 2.82 bits per heavy atom. The molecule has 2 unspecified atom stereocenters. The van der Waals surface area contributed by atoms with Crippen molar-refractivity contribution < 1.29 is 0 Å². The molecule has 2 nitrogen and oxygen atoms in total. The third-order valence-corrected chi connectivity index (χ3v) is 5.06. The molecule has 94 valence electrons. The zero-order chi connectivity index (χ0) is 11.5. The molecule has 1 aromatic heterocycles. The molecular formula is C14H22N2S. The van der Waals surface area contributed by atoms with E-state index in [9.17, 15) is 0 Å². The van der Waals surface area contributed by atoms with Crippen LogP contribution in [-0.4, -0.2) is 18.6 Å². The van der Waals surface area contributed by atoms with Crippen molar-refractivity contribution in [1.82, 2.24) is 10.6 Å². The molecule has 0 saturated carbocycles. The number of hydrogen-bond acceptors (Lipinski definition) is 3. The third kappa shape index (κ3) is 3.09. The predicted molar refractivity (Wildman–Crippen MR) is 73.3 cm³/mol. The van der Waals surface area contributed by atoms with Gasteiger partial charge in [0, 0.05) is 23.5 Å². The van der Waals surface area contributed by atoms with Crippen LogP contribution in [0.15, 0.2) is 17.5 Å². The molecule has 3 heterocycles. The zero-order valence-corrected chi connectivity index (χ0v) is 11.1. The van der Waals surface area contributed by atoms with E-state index >= 15 is 0 Å². The number of piperidine rings is 1. The molecule has 2 saturated heterocycles. The van der Waals surface area contributed by atoms with Gasteiger partial charge in [-0.15, -0.1) is 11.3 Å². The van der Waals surface area contributed by atoms with Crippen LogP contribution in [0.4, 0.5) is 0 Å². The minimum absolute atomic E-state index is 0.844. The topological polar surface area (TPSA) is 24.1 Å². The van der Waals surface area contributed by atoms with Gasteiger partial charge in [-0.25, -0.2) is 0 Å². The molecule has 2 N–H and O–H groups in total. The molecule has 2 bridgehead atoms. The second-order valence-corrected chi connectivity index (χ2v) is 6.55. The van der Waals surface area contributed by atoms with E-state index in [0.717, 1.165) is 24.5 Å². The predicted octanol–water partition coefficient (Wildman–Crippen LogP) is 2.76. The molecular weight excluding hydrogens is 228 g/mol. The summed E-state index contributed by atoms with van der Waals surface area (Å²) in [6.45, 7) is 2.23. The SMILES string of the molecule is c1csc(CNCCC2CC3CCC(C2)N3)c1. The average Bonchev–Trinajstić information content (AvgIpc) is 2.95. The van der Waals surface area contributed by atoms with E-state index in [1.54, 1.807) is 0 Å². The molecule has 0 aliphatic carbocycles. The van der Waals surface area contributed by atoms with Crippen molar-refractivity contribution in [3.63, 3.8) is 0 Å². The van der Waals surface area contributed by atoms with Gasteiger partial charge in [0.25, 0.3) is 0 Å². The normalized spacial score (nSPS) is 31.9. The molecule has 2 atom stereocenters. The monoisotopic (exact) mass is 250 g/mol. The largest absolute Gasteiger partial charge is 0.312 e. The lowest BCUT2D eigenvalue weighted by Crippen LogP contribution is -2.38. The van der Waals surface area contributed by atoms with Crippen LogP contribution < -0.4 is 10.6 Å². The van der Waals surface area contributed by atoms with E-state index in [1.165, 1.54) is 43.5 Å². The lowest BCUT2D eigenvalue weighted by molar-refractivity contribution is 0.283. The van der Waals surface area contributed by atoms with Gasteiger partial charge >= 0.3 is 0 Å². The first-order chi connectivity index (χ1) is 8.40. The fourth-order valence-corrected chi connectivity index (χ4v) is 4.02. The van der Waals surface area contributed by atoms with E-state index in [2.05, 4.69) is 28.1 Å². The maximum atomic E-state index is 3.71. The van der Waals surface area contributed by atoms with Crippen molar-refractivity contribution in [1.29, 1.82) is 0 Å². The van der Waals surface area contributed by atoms with Gasteiger partial charge in [0.1, 0.15) is 0 Å². The molecule has 17 heavy (non-hydrogen) atoms. The Labute approximate surface area is 108 Å². The first kappa shape index (κ1) is 11.7. The fourth-order valence-electron chi connectivity index (χ4n) is 3.34. The van der Waals surface area contributed by atoms with Crippen LogP contribution >= 0.6 is 11.3 Å². The van der Waals surface area contributed by atoms with Gasteiger partial charge in [-0.2, -0.15) is 0 Å². The van der Waals surface area contributed by atoms with Gasteiger partial charge in [0.2, 0.25) is 0 Å². The van der Waals surface area contributed by atoms with Crippen LogP contribution in [0, 0.1) is 5.92 Å².